The highest BCUT2D eigenvalue weighted by atomic mass is 32.1. The van der Waals surface area contributed by atoms with Crippen LogP contribution in [0.2, 0.25) is 0 Å². The number of carbonyl (C=O) groups is 1. The maximum atomic E-state index is 12.8. The molecular weight excluding hydrogens is 308 g/mol. The minimum atomic E-state index is 0.0639. The molecule has 124 valence electrons. The second-order valence-corrected chi connectivity index (χ2v) is 7.62. The lowest BCUT2D eigenvalue weighted by Crippen LogP contribution is -2.32. The smallest absolute Gasteiger partial charge is 0.257 e. The predicted octanol–water partition coefficient (Wildman–Crippen LogP) is 2.94. The van der Waals surface area contributed by atoms with Crippen molar-refractivity contribution >= 4 is 17.2 Å². The van der Waals surface area contributed by atoms with Crippen molar-refractivity contribution in [2.45, 2.75) is 45.4 Å². The number of fused-ring (bicyclic) bond motifs is 1. The summed E-state index contributed by atoms with van der Waals surface area (Å²) in [5, 5.41) is 5.51. The molecule has 0 bridgehead atoms. The van der Waals surface area contributed by atoms with Crippen molar-refractivity contribution in [3.63, 3.8) is 0 Å². The van der Waals surface area contributed by atoms with Gasteiger partial charge < -0.3 is 4.90 Å². The molecule has 2 aromatic heterocycles. The van der Waals surface area contributed by atoms with E-state index in [0.29, 0.717) is 5.92 Å². The Morgan fingerprint density at radius 1 is 1.52 bits per heavy atom. The number of nitrogens with zero attached hydrogens (tertiary/aromatic N) is 4. The van der Waals surface area contributed by atoms with Crippen LogP contribution in [0.4, 0.5) is 0 Å². The van der Waals surface area contributed by atoms with Crippen LogP contribution in [0.5, 0.6) is 0 Å². The van der Waals surface area contributed by atoms with Gasteiger partial charge >= 0.3 is 0 Å². The fourth-order valence-corrected chi connectivity index (χ4v) is 4.46. The number of rotatable bonds is 4. The number of hydrogen-bond donors (Lipinski definition) is 0. The summed E-state index contributed by atoms with van der Waals surface area (Å²) in [7, 11) is 3.75. The quantitative estimate of drug-likeness (QED) is 0.865. The van der Waals surface area contributed by atoms with E-state index in [-0.39, 0.29) is 5.91 Å². The summed E-state index contributed by atoms with van der Waals surface area (Å²) in [6.07, 6.45) is 6.04. The van der Waals surface area contributed by atoms with E-state index in [0.717, 1.165) is 42.1 Å². The molecule has 1 amide bonds. The second-order valence-electron chi connectivity index (χ2n) is 6.33. The molecule has 0 radical (unpaired) electrons. The molecule has 5 nitrogen and oxygen atoms in total. The molecule has 2 heterocycles. The molecule has 2 aromatic rings. The summed E-state index contributed by atoms with van der Waals surface area (Å²) < 4.78 is 1.72. The van der Waals surface area contributed by atoms with Crippen molar-refractivity contribution in [3.8, 4) is 0 Å². The lowest BCUT2D eigenvalue weighted by molar-refractivity contribution is 0.0782. The molecular formula is C17H24N4OS. The Balaban J connectivity index is 1.77. The van der Waals surface area contributed by atoms with Crippen molar-refractivity contribution in [2.75, 3.05) is 13.6 Å². The molecule has 23 heavy (non-hydrogen) atoms. The zero-order valence-corrected chi connectivity index (χ0v) is 15.1. The molecule has 1 aliphatic carbocycles. The van der Waals surface area contributed by atoms with E-state index >= 15 is 0 Å². The van der Waals surface area contributed by atoms with Gasteiger partial charge in [0, 0.05) is 37.6 Å². The van der Waals surface area contributed by atoms with E-state index in [2.05, 4.69) is 12.0 Å². The fourth-order valence-electron chi connectivity index (χ4n) is 3.40. The Kier molecular flexibility index (Phi) is 4.53. The standard InChI is InChI=1S/C17H24N4OS/c1-5-14-13(10-21(4)19-14)17(22)20(3)9-12-7-6-8-15-16(12)18-11(2)23-15/h10,12H,5-9H2,1-4H3/t12-/m1/s1. The van der Waals surface area contributed by atoms with Crippen LogP contribution in [0.3, 0.4) is 0 Å². The van der Waals surface area contributed by atoms with Crippen molar-refractivity contribution in [3.05, 3.63) is 33.0 Å². The van der Waals surface area contributed by atoms with E-state index in [1.54, 1.807) is 4.68 Å². The Labute approximate surface area is 141 Å². The van der Waals surface area contributed by atoms with Gasteiger partial charge in [0.2, 0.25) is 0 Å². The second kappa shape index (κ2) is 6.43. The average molecular weight is 332 g/mol. The number of thiazole rings is 1. The lowest BCUT2D eigenvalue weighted by atomic mass is 9.90. The normalized spacial score (nSPS) is 17.1. The van der Waals surface area contributed by atoms with Gasteiger partial charge in [-0.15, -0.1) is 11.3 Å². The van der Waals surface area contributed by atoms with Crippen molar-refractivity contribution in [1.29, 1.82) is 0 Å². The first kappa shape index (κ1) is 16.2. The summed E-state index contributed by atoms with van der Waals surface area (Å²) >= 11 is 1.81. The molecule has 3 rings (SSSR count). The Hall–Kier alpha value is -1.69. The summed E-state index contributed by atoms with van der Waals surface area (Å²) in [5.41, 5.74) is 2.82. The van der Waals surface area contributed by atoms with E-state index in [4.69, 9.17) is 4.98 Å². The van der Waals surface area contributed by atoms with Crippen LogP contribution < -0.4 is 0 Å². The van der Waals surface area contributed by atoms with Crippen LogP contribution in [0.1, 0.15) is 57.3 Å². The zero-order valence-electron chi connectivity index (χ0n) is 14.3. The molecule has 0 aliphatic heterocycles. The maximum Gasteiger partial charge on any atom is 0.257 e. The van der Waals surface area contributed by atoms with Gasteiger partial charge in [-0.25, -0.2) is 4.98 Å². The van der Waals surface area contributed by atoms with Gasteiger partial charge in [0.15, 0.2) is 0 Å². The molecule has 6 heteroatoms. The maximum absolute atomic E-state index is 12.8. The van der Waals surface area contributed by atoms with Gasteiger partial charge in [0.25, 0.3) is 5.91 Å². The van der Waals surface area contributed by atoms with E-state index in [1.165, 1.54) is 17.0 Å². The van der Waals surface area contributed by atoms with Gasteiger partial charge in [-0.3, -0.25) is 9.48 Å². The zero-order chi connectivity index (χ0) is 16.6. The minimum Gasteiger partial charge on any atom is -0.341 e. The highest BCUT2D eigenvalue weighted by Crippen LogP contribution is 2.35. The van der Waals surface area contributed by atoms with Crippen LogP contribution in [-0.4, -0.2) is 39.2 Å². The van der Waals surface area contributed by atoms with Gasteiger partial charge in [-0.2, -0.15) is 5.10 Å². The number of hydrogen-bond acceptors (Lipinski definition) is 4. The van der Waals surface area contributed by atoms with Gasteiger partial charge in [0.05, 0.1) is 22.0 Å². The van der Waals surface area contributed by atoms with Gasteiger partial charge in [-0.05, 0) is 32.6 Å². The SMILES string of the molecule is CCc1nn(C)cc1C(=O)N(C)C[C@H]1CCCc2sc(C)nc21. The molecule has 0 saturated carbocycles. The van der Waals surface area contributed by atoms with Crippen molar-refractivity contribution in [1.82, 2.24) is 19.7 Å². The monoisotopic (exact) mass is 332 g/mol. The van der Waals surface area contributed by atoms with Gasteiger partial charge in [-0.1, -0.05) is 6.92 Å². The summed E-state index contributed by atoms with van der Waals surface area (Å²) in [6.45, 7) is 4.83. The Morgan fingerprint density at radius 2 is 2.30 bits per heavy atom. The highest BCUT2D eigenvalue weighted by molar-refractivity contribution is 7.11. The van der Waals surface area contributed by atoms with Gasteiger partial charge in [0.1, 0.15) is 0 Å². The summed E-state index contributed by atoms with van der Waals surface area (Å²) in [4.78, 5) is 20.8. The molecule has 0 N–H and O–H groups in total. The minimum absolute atomic E-state index is 0.0639. The number of amides is 1. The summed E-state index contributed by atoms with van der Waals surface area (Å²) in [6, 6.07) is 0. The van der Waals surface area contributed by atoms with Crippen molar-refractivity contribution in [2.24, 2.45) is 7.05 Å². The van der Waals surface area contributed by atoms with Crippen LogP contribution >= 0.6 is 11.3 Å². The third kappa shape index (κ3) is 3.17. The van der Waals surface area contributed by atoms with Crippen LogP contribution in [-0.2, 0) is 19.9 Å². The molecule has 1 atom stereocenters. The van der Waals surface area contributed by atoms with E-state index < -0.39 is 0 Å². The number of likely N-dealkylation sites (N-methyl/N-ethyl adjacent to an activating group) is 1. The molecule has 0 spiro atoms. The first-order valence-electron chi connectivity index (χ1n) is 8.23. The molecule has 1 aliphatic rings. The number of aromatic nitrogens is 3. The summed E-state index contributed by atoms with van der Waals surface area (Å²) in [5.74, 6) is 0.424. The largest absolute Gasteiger partial charge is 0.341 e. The molecule has 0 aromatic carbocycles. The third-order valence-electron chi connectivity index (χ3n) is 4.49. The predicted molar refractivity (Wildman–Crippen MR) is 92.1 cm³/mol. The Bertz CT molecular complexity index is 718. The first-order chi connectivity index (χ1) is 11.0. The molecule has 0 fully saturated rings. The van der Waals surface area contributed by atoms with Crippen molar-refractivity contribution < 1.29 is 4.79 Å². The molecule has 0 unspecified atom stereocenters. The third-order valence-corrected chi connectivity index (χ3v) is 5.54. The lowest BCUT2D eigenvalue weighted by Gasteiger charge is -2.26. The highest BCUT2D eigenvalue weighted by Gasteiger charge is 2.27. The fraction of sp³-hybridized carbons (Fsp3) is 0.588. The Morgan fingerprint density at radius 3 is 3.04 bits per heavy atom. The number of aryl methyl sites for hydroxylation is 4. The molecule has 0 saturated heterocycles. The van der Waals surface area contributed by atoms with Crippen LogP contribution in [0.25, 0.3) is 0 Å². The van der Waals surface area contributed by atoms with E-state index in [9.17, 15) is 4.79 Å². The average Bonchev–Trinajstić information content (AvgIpc) is 3.08. The van der Waals surface area contributed by atoms with Crippen LogP contribution in [0.15, 0.2) is 6.20 Å². The van der Waals surface area contributed by atoms with E-state index in [1.807, 2.05) is 43.5 Å². The van der Waals surface area contributed by atoms with Crippen LogP contribution in [0, 0.1) is 6.92 Å². The topological polar surface area (TPSA) is 51.0 Å². The first-order valence-corrected chi connectivity index (χ1v) is 9.05. The number of carbonyl (C=O) groups excluding carboxylic acids is 1.